The summed E-state index contributed by atoms with van der Waals surface area (Å²) in [5, 5.41) is 2.84. The molecule has 0 atom stereocenters. The molecule has 1 aromatic heterocycles. The molecule has 2 aromatic carbocycles. The molecule has 0 spiro atoms. The van der Waals surface area contributed by atoms with Crippen molar-refractivity contribution in [1.82, 2.24) is 9.88 Å². The molecule has 150 valence electrons. The minimum atomic E-state index is -0.342. The molecule has 0 unspecified atom stereocenters. The lowest BCUT2D eigenvalue weighted by Crippen LogP contribution is -2.26. The summed E-state index contributed by atoms with van der Waals surface area (Å²) in [6.45, 7) is 5.58. The van der Waals surface area contributed by atoms with E-state index in [1.54, 1.807) is 42.7 Å². The third kappa shape index (κ3) is 4.42. The first-order valence-corrected chi connectivity index (χ1v) is 9.25. The Morgan fingerprint density at radius 3 is 1.93 bits per heavy atom. The summed E-state index contributed by atoms with van der Waals surface area (Å²) in [7, 11) is 0. The predicted octanol–water partition coefficient (Wildman–Crippen LogP) is 4.56. The molecule has 1 N–H and O–H groups in total. The van der Waals surface area contributed by atoms with Gasteiger partial charge in [0.1, 0.15) is 17.3 Å². The number of amides is 1. The Morgan fingerprint density at radius 1 is 0.897 bits per heavy atom. The molecule has 0 aliphatic carbocycles. The third-order valence-electron chi connectivity index (χ3n) is 4.95. The van der Waals surface area contributed by atoms with Gasteiger partial charge in [-0.1, -0.05) is 24.3 Å². The van der Waals surface area contributed by atoms with Crippen LogP contribution in [0.5, 0.6) is 0 Å². The van der Waals surface area contributed by atoms with Crippen LogP contribution in [0.4, 0.5) is 8.78 Å². The fourth-order valence-electron chi connectivity index (χ4n) is 3.54. The summed E-state index contributed by atoms with van der Waals surface area (Å²) in [4.78, 5) is 25.1. The molecule has 0 bridgehead atoms. The van der Waals surface area contributed by atoms with Crippen molar-refractivity contribution in [3.8, 4) is 0 Å². The summed E-state index contributed by atoms with van der Waals surface area (Å²) in [5.41, 5.74) is 3.77. The largest absolute Gasteiger partial charge is 0.347 e. The van der Waals surface area contributed by atoms with Gasteiger partial charge >= 0.3 is 0 Å². The number of nitrogens with one attached hydrogen (secondary N) is 1. The van der Waals surface area contributed by atoms with Gasteiger partial charge < -0.3 is 9.88 Å². The number of rotatable bonds is 6. The second-order valence-corrected chi connectivity index (χ2v) is 7.01. The molecule has 3 aromatic rings. The number of carbonyl (C=O) groups excluding carboxylic acids is 2. The minimum Gasteiger partial charge on any atom is -0.347 e. The maximum absolute atomic E-state index is 13.2. The molecule has 1 amide bonds. The SMILES string of the molecule is CC(=O)c1c(C)c(C(=O)NCc2ccc(F)cc2)n(Cc2ccc(F)cc2)c1C. The van der Waals surface area contributed by atoms with Gasteiger partial charge in [-0.05, 0) is 61.7 Å². The van der Waals surface area contributed by atoms with Crippen LogP contribution in [0.1, 0.15) is 50.2 Å². The number of hydrogen-bond acceptors (Lipinski definition) is 2. The van der Waals surface area contributed by atoms with Gasteiger partial charge in [0.05, 0.1) is 0 Å². The van der Waals surface area contributed by atoms with Gasteiger partial charge in [-0.25, -0.2) is 8.78 Å². The molecule has 4 nitrogen and oxygen atoms in total. The highest BCUT2D eigenvalue weighted by Crippen LogP contribution is 2.24. The van der Waals surface area contributed by atoms with Crippen LogP contribution >= 0.6 is 0 Å². The fourth-order valence-corrected chi connectivity index (χ4v) is 3.54. The van der Waals surface area contributed by atoms with Crippen LogP contribution in [0.25, 0.3) is 0 Å². The average Bonchev–Trinajstić information content (AvgIpc) is 2.92. The normalized spacial score (nSPS) is 10.8. The van der Waals surface area contributed by atoms with Crippen molar-refractivity contribution < 1.29 is 18.4 Å². The van der Waals surface area contributed by atoms with Crippen LogP contribution in [-0.2, 0) is 13.1 Å². The van der Waals surface area contributed by atoms with Crippen molar-refractivity contribution in [2.75, 3.05) is 0 Å². The van der Waals surface area contributed by atoms with Crippen LogP contribution in [0.3, 0.4) is 0 Å². The lowest BCUT2D eigenvalue weighted by Gasteiger charge is -2.13. The Hall–Kier alpha value is -3.28. The van der Waals surface area contributed by atoms with Gasteiger partial charge in [0.2, 0.25) is 0 Å². The lowest BCUT2D eigenvalue weighted by atomic mass is 10.1. The van der Waals surface area contributed by atoms with Crippen LogP contribution in [0, 0.1) is 25.5 Å². The molecule has 0 saturated carbocycles. The summed E-state index contributed by atoms with van der Waals surface area (Å²) in [6.07, 6.45) is 0. The van der Waals surface area contributed by atoms with Gasteiger partial charge in [0, 0.05) is 24.3 Å². The van der Waals surface area contributed by atoms with Crippen molar-refractivity contribution in [1.29, 1.82) is 0 Å². The van der Waals surface area contributed by atoms with Gasteiger partial charge in [0.25, 0.3) is 5.91 Å². The number of hydrogen-bond donors (Lipinski definition) is 1. The van der Waals surface area contributed by atoms with Crippen molar-refractivity contribution in [2.24, 2.45) is 0 Å². The van der Waals surface area contributed by atoms with Crippen molar-refractivity contribution in [3.63, 3.8) is 0 Å². The molecular formula is C23H22F2N2O2. The van der Waals surface area contributed by atoms with E-state index in [0.717, 1.165) is 11.1 Å². The number of carbonyl (C=O) groups is 2. The van der Waals surface area contributed by atoms with Gasteiger partial charge in [-0.15, -0.1) is 0 Å². The van der Waals surface area contributed by atoms with E-state index in [1.165, 1.54) is 31.2 Å². The molecule has 3 rings (SSSR count). The molecule has 29 heavy (non-hydrogen) atoms. The maximum atomic E-state index is 13.2. The molecule has 0 aliphatic heterocycles. The topological polar surface area (TPSA) is 51.1 Å². The van der Waals surface area contributed by atoms with Crippen LogP contribution in [0.2, 0.25) is 0 Å². The Morgan fingerprint density at radius 2 is 1.41 bits per heavy atom. The zero-order valence-electron chi connectivity index (χ0n) is 16.6. The Balaban J connectivity index is 1.93. The fraction of sp³-hybridized carbons (Fsp3) is 0.217. The monoisotopic (exact) mass is 396 g/mol. The highest BCUT2D eigenvalue weighted by molar-refractivity contribution is 6.02. The molecule has 6 heteroatoms. The molecule has 0 aliphatic rings. The van der Waals surface area contributed by atoms with Crippen molar-refractivity contribution in [2.45, 2.75) is 33.9 Å². The zero-order valence-corrected chi connectivity index (χ0v) is 16.6. The number of halogens is 2. The Labute approximate surface area is 168 Å². The van der Waals surface area contributed by atoms with E-state index >= 15 is 0 Å². The Bertz CT molecular complexity index is 1050. The van der Waals surface area contributed by atoms with Crippen molar-refractivity contribution >= 4 is 11.7 Å². The summed E-state index contributed by atoms with van der Waals surface area (Å²) in [6, 6.07) is 11.9. The van der Waals surface area contributed by atoms with E-state index in [4.69, 9.17) is 0 Å². The first-order chi connectivity index (χ1) is 13.8. The maximum Gasteiger partial charge on any atom is 0.268 e. The standard InChI is InChI=1S/C23H22F2N2O2/c1-14-21(16(3)28)15(2)27(13-18-6-10-20(25)11-7-18)22(14)23(29)26-12-17-4-8-19(24)9-5-17/h4-11H,12-13H2,1-3H3,(H,26,29). The zero-order chi connectivity index (χ0) is 21.1. The van der Waals surface area contributed by atoms with Gasteiger partial charge in [-0.2, -0.15) is 0 Å². The molecular weight excluding hydrogens is 374 g/mol. The number of nitrogens with zero attached hydrogens (tertiary/aromatic N) is 1. The van der Waals surface area contributed by atoms with Gasteiger partial charge in [-0.3, -0.25) is 9.59 Å². The number of aromatic nitrogens is 1. The van der Waals surface area contributed by atoms with Crippen LogP contribution < -0.4 is 5.32 Å². The van der Waals surface area contributed by atoms with E-state index in [9.17, 15) is 18.4 Å². The summed E-state index contributed by atoms with van der Waals surface area (Å²) < 4.78 is 28.1. The highest BCUT2D eigenvalue weighted by Gasteiger charge is 2.24. The lowest BCUT2D eigenvalue weighted by molar-refractivity contribution is 0.0941. The first kappa shape index (κ1) is 20.5. The van der Waals surface area contributed by atoms with E-state index in [-0.39, 0.29) is 29.9 Å². The number of ketones is 1. The molecule has 0 fully saturated rings. The highest BCUT2D eigenvalue weighted by atomic mass is 19.1. The molecule has 0 radical (unpaired) electrons. The summed E-state index contributed by atoms with van der Waals surface area (Å²) in [5.74, 6) is -1.13. The van der Waals surface area contributed by atoms with Gasteiger partial charge in [0.15, 0.2) is 5.78 Å². The minimum absolute atomic E-state index is 0.120. The van der Waals surface area contributed by atoms with Crippen LogP contribution in [0.15, 0.2) is 48.5 Å². The number of benzene rings is 2. The van der Waals surface area contributed by atoms with E-state index in [2.05, 4.69) is 5.32 Å². The van der Waals surface area contributed by atoms with Crippen LogP contribution in [-0.4, -0.2) is 16.3 Å². The van der Waals surface area contributed by atoms with Crippen molar-refractivity contribution in [3.05, 3.63) is 93.8 Å². The second kappa shape index (κ2) is 8.39. The quantitative estimate of drug-likeness (QED) is 0.621. The summed E-state index contributed by atoms with van der Waals surface area (Å²) >= 11 is 0. The third-order valence-corrected chi connectivity index (χ3v) is 4.95. The Kier molecular flexibility index (Phi) is 5.92. The second-order valence-electron chi connectivity index (χ2n) is 7.01. The number of Topliss-reactive ketones (excluding diaryl/α,β-unsaturated/α-hetero) is 1. The van der Waals surface area contributed by atoms with E-state index in [1.807, 2.05) is 0 Å². The smallest absolute Gasteiger partial charge is 0.268 e. The predicted molar refractivity (Wildman–Crippen MR) is 107 cm³/mol. The average molecular weight is 396 g/mol. The molecule has 1 heterocycles. The molecule has 0 saturated heterocycles. The van der Waals surface area contributed by atoms with E-state index < -0.39 is 0 Å². The first-order valence-electron chi connectivity index (χ1n) is 9.25. The van der Waals surface area contributed by atoms with E-state index in [0.29, 0.717) is 29.1 Å².